The summed E-state index contributed by atoms with van der Waals surface area (Å²) in [6.45, 7) is 11.0. The zero-order valence-electron chi connectivity index (χ0n) is 9.59. The first kappa shape index (κ1) is 12.0. The fraction of sp³-hybridized carbons (Fsp3) is 0.333. The number of sulfone groups is 1. The van der Waals surface area contributed by atoms with Crippen molar-refractivity contribution in [3.63, 3.8) is 0 Å². The van der Waals surface area contributed by atoms with Crippen molar-refractivity contribution in [2.75, 3.05) is 0 Å². The van der Waals surface area contributed by atoms with Crippen molar-refractivity contribution in [2.45, 2.75) is 32.6 Å². The first-order chi connectivity index (χ1) is 6.81. The molecule has 1 aromatic rings. The highest BCUT2D eigenvalue weighted by Gasteiger charge is 2.16. The maximum absolute atomic E-state index is 11.7. The van der Waals surface area contributed by atoms with Crippen molar-refractivity contribution in [1.82, 2.24) is 0 Å². The minimum Gasteiger partial charge on any atom is -0.219 e. The predicted octanol–water partition coefficient (Wildman–Crippen LogP) is 2.84. The Morgan fingerprint density at radius 1 is 1.07 bits per heavy atom. The van der Waals surface area contributed by atoms with E-state index in [1.807, 2.05) is 27.7 Å². The summed E-state index contributed by atoms with van der Waals surface area (Å²) in [5.74, 6) is 0. The summed E-state index contributed by atoms with van der Waals surface area (Å²) in [5, 5.41) is 1.00. The molecule has 1 aromatic carbocycles. The van der Waals surface area contributed by atoms with Gasteiger partial charge >= 0.3 is 0 Å². The molecule has 0 bridgehead atoms. The Labute approximate surface area is 91.6 Å². The minimum atomic E-state index is -3.33. The zero-order chi connectivity index (χ0) is 11.8. The third kappa shape index (κ3) is 1.97. The van der Waals surface area contributed by atoms with Gasteiger partial charge in [0.2, 0.25) is 0 Å². The second-order valence-electron chi connectivity index (χ2n) is 3.78. The van der Waals surface area contributed by atoms with Crippen molar-refractivity contribution >= 4 is 9.84 Å². The molecule has 0 heterocycles. The molecule has 1 rings (SSSR count). The van der Waals surface area contributed by atoms with Gasteiger partial charge in [-0.3, -0.25) is 0 Å². The number of hydrogen-bond acceptors (Lipinski definition) is 2. The molecule has 15 heavy (non-hydrogen) atoms. The summed E-state index contributed by atoms with van der Waals surface area (Å²) in [5.41, 5.74) is 4.00. The molecule has 0 fully saturated rings. The standard InChI is InChI=1S/C12H16O2S/c1-6-15(13,14)12-7-8(2)9(3)10(4)11(12)5/h6-7H,1H2,2-5H3. The van der Waals surface area contributed by atoms with Gasteiger partial charge in [0.05, 0.1) is 4.90 Å². The summed E-state index contributed by atoms with van der Waals surface area (Å²) in [4.78, 5) is 0.373. The summed E-state index contributed by atoms with van der Waals surface area (Å²) < 4.78 is 23.4. The molecule has 3 heteroatoms. The Balaban J connectivity index is 3.67. The normalized spacial score (nSPS) is 11.5. The first-order valence-corrected chi connectivity index (χ1v) is 6.31. The molecule has 0 aromatic heterocycles. The van der Waals surface area contributed by atoms with E-state index in [0.29, 0.717) is 4.90 Å². The maximum Gasteiger partial charge on any atom is 0.199 e. The highest BCUT2D eigenvalue weighted by Crippen LogP contribution is 2.25. The SMILES string of the molecule is C=CS(=O)(=O)c1cc(C)c(C)c(C)c1C. The van der Waals surface area contributed by atoms with Crippen molar-refractivity contribution in [3.05, 3.63) is 40.3 Å². The van der Waals surface area contributed by atoms with E-state index in [4.69, 9.17) is 0 Å². The van der Waals surface area contributed by atoms with Crippen LogP contribution in [0.2, 0.25) is 0 Å². The Morgan fingerprint density at radius 3 is 2.07 bits per heavy atom. The van der Waals surface area contributed by atoms with Gasteiger partial charge in [-0.2, -0.15) is 0 Å². The molecule has 0 aliphatic carbocycles. The topological polar surface area (TPSA) is 34.1 Å². The lowest BCUT2D eigenvalue weighted by atomic mass is 10.00. The van der Waals surface area contributed by atoms with Crippen LogP contribution >= 0.6 is 0 Å². The molecular formula is C12H16O2S. The van der Waals surface area contributed by atoms with E-state index in [2.05, 4.69) is 6.58 Å². The van der Waals surface area contributed by atoms with E-state index in [9.17, 15) is 8.42 Å². The summed E-state index contributed by atoms with van der Waals surface area (Å²) in [6.07, 6.45) is 0. The monoisotopic (exact) mass is 224 g/mol. The summed E-state index contributed by atoms with van der Waals surface area (Å²) >= 11 is 0. The third-order valence-corrected chi connectivity index (χ3v) is 4.44. The van der Waals surface area contributed by atoms with E-state index in [-0.39, 0.29) is 0 Å². The van der Waals surface area contributed by atoms with Crippen LogP contribution in [0, 0.1) is 27.7 Å². The molecule has 0 aliphatic rings. The van der Waals surface area contributed by atoms with E-state index in [1.54, 1.807) is 6.07 Å². The van der Waals surface area contributed by atoms with E-state index < -0.39 is 9.84 Å². The average Bonchev–Trinajstić information content (AvgIpc) is 2.20. The molecule has 0 unspecified atom stereocenters. The van der Waals surface area contributed by atoms with Crippen LogP contribution in [-0.4, -0.2) is 8.42 Å². The van der Waals surface area contributed by atoms with Crippen LogP contribution in [0.25, 0.3) is 0 Å². The van der Waals surface area contributed by atoms with Gasteiger partial charge in [-0.15, -0.1) is 0 Å². The minimum absolute atomic E-state index is 0.373. The zero-order valence-corrected chi connectivity index (χ0v) is 10.4. The summed E-state index contributed by atoms with van der Waals surface area (Å²) in [7, 11) is -3.33. The molecule has 0 spiro atoms. The van der Waals surface area contributed by atoms with Crippen LogP contribution in [0.4, 0.5) is 0 Å². The molecule has 0 aliphatic heterocycles. The molecule has 0 atom stereocenters. The number of hydrogen-bond donors (Lipinski definition) is 0. The fourth-order valence-electron chi connectivity index (χ4n) is 1.56. The van der Waals surface area contributed by atoms with Gasteiger partial charge in [-0.1, -0.05) is 6.58 Å². The van der Waals surface area contributed by atoms with E-state index >= 15 is 0 Å². The number of rotatable bonds is 2. The molecule has 0 amide bonds. The first-order valence-electron chi connectivity index (χ1n) is 4.76. The lowest BCUT2D eigenvalue weighted by molar-refractivity contribution is 0.604. The Morgan fingerprint density at radius 2 is 1.60 bits per heavy atom. The van der Waals surface area contributed by atoms with Crippen molar-refractivity contribution < 1.29 is 8.42 Å². The molecule has 0 saturated carbocycles. The lowest BCUT2D eigenvalue weighted by Crippen LogP contribution is -2.03. The van der Waals surface area contributed by atoms with Crippen molar-refractivity contribution in [3.8, 4) is 0 Å². The van der Waals surface area contributed by atoms with Gasteiger partial charge in [0.1, 0.15) is 0 Å². The Hall–Kier alpha value is -1.09. The highest BCUT2D eigenvalue weighted by molar-refractivity contribution is 7.94. The smallest absolute Gasteiger partial charge is 0.199 e. The molecule has 0 saturated heterocycles. The van der Waals surface area contributed by atoms with E-state index in [0.717, 1.165) is 27.7 Å². The van der Waals surface area contributed by atoms with Crippen LogP contribution in [0.5, 0.6) is 0 Å². The highest BCUT2D eigenvalue weighted by atomic mass is 32.2. The molecule has 82 valence electrons. The van der Waals surface area contributed by atoms with Crippen LogP contribution in [0.3, 0.4) is 0 Å². The van der Waals surface area contributed by atoms with Gasteiger partial charge in [0, 0.05) is 5.41 Å². The fourth-order valence-corrected chi connectivity index (χ4v) is 2.66. The average molecular weight is 224 g/mol. The van der Waals surface area contributed by atoms with E-state index in [1.165, 1.54) is 0 Å². The maximum atomic E-state index is 11.7. The van der Waals surface area contributed by atoms with Crippen LogP contribution in [0.15, 0.2) is 22.9 Å². The van der Waals surface area contributed by atoms with Crippen LogP contribution in [0.1, 0.15) is 22.3 Å². The van der Waals surface area contributed by atoms with Gasteiger partial charge in [0.25, 0.3) is 0 Å². The predicted molar refractivity (Wildman–Crippen MR) is 62.8 cm³/mol. The molecule has 2 nitrogen and oxygen atoms in total. The van der Waals surface area contributed by atoms with Gasteiger partial charge in [-0.05, 0) is 56.0 Å². The number of aryl methyl sites for hydroxylation is 1. The van der Waals surface area contributed by atoms with Crippen molar-refractivity contribution in [2.24, 2.45) is 0 Å². The van der Waals surface area contributed by atoms with Crippen LogP contribution < -0.4 is 0 Å². The Kier molecular flexibility index (Phi) is 3.05. The third-order valence-electron chi connectivity index (χ3n) is 2.96. The van der Waals surface area contributed by atoms with Gasteiger partial charge < -0.3 is 0 Å². The second-order valence-corrected chi connectivity index (χ2v) is 5.64. The molecular weight excluding hydrogens is 208 g/mol. The van der Waals surface area contributed by atoms with Crippen LogP contribution in [-0.2, 0) is 9.84 Å². The Bertz CT molecular complexity index is 511. The lowest BCUT2D eigenvalue weighted by Gasteiger charge is -2.12. The molecule has 0 radical (unpaired) electrons. The molecule has 0 N–H and O–H groups in total. The quantitative estimate of drug-likeness (QED) is 0.774. The second kappa shape index (κ2) is 3.81. The number of benzene rings is 1. The van der Waals surface area contributed by atoms with Crippen molar-refractivity contribution in [1.29, 1.82) is 0 Å². The van der Waals surface area contributed by atoms with Gasteiger partial charge in [0.15, 0.2) is 9.84 Å². The van der Waals surface area contributed by atoms with Gasteiger partial charge in [-0.25, -0.2) is 8.42 Å². The largest absolute Gasteiger partial charge is 0.219 e. The summed E-state index contributed by atoms with van der Waals surface area (Å²) in [6, 6.07) is 1.72.